The summed E-state index contributed by atoms with van der Waals surface area (Å²) in [4.78, 5) is 19.1. The van der Waals surface area contributed by atoms with Crippen LogP contribution in [-0.2, 0) is 4.74 Å². The predicted molar refractivity (Wildman–Crippen MR) is 104 cm³/mol. The van der Waals surface area contributed by atoms with Crippen LogP contribution in [0.2, 0.25) is 0 Å². The molecular formula is C21H21N3O5. The van der Waals surface area contributed by atoms with Crippen LogP contribution < -0.4 is 9.47 Å². The van der Waals surface area contributed by atoms with Crippen LogP contribution in [0.3, 0.4) is 0 Å². The molecule has 1 atom stereocenters. The SMILES string of the molecule is COc1ccc(-c2nc(C3CN(C(=O)c4ccccc4OC)CCO3)no2)cc1. The Kier molecular flexibility index (Phi) is 5.44. The van der Waals surface area contributed by atoms with E-state index in [1.807, 2.05) is 36.4 Å². The molecule has 1 aromatic heterocycles. The first-order valence-electron chi connectivity index (χ1n) is 9.21. The van der Waals surface area contributed by atoms with E-state index in [4.69, 9.17) is 18.7 Å². The molecule has 1 aliphatic heterocycles. The lowest BCUT2D eigenvalue weighted by Crippen LogP contribution is -2.42. The molecule has 1 fully saturated rings. The van der Waals surface area contributed by atoms with Gasteiger partial charge < -0.3 is 23.6 Å². The van der Waals surface area contributed by atoms with Gasteiger partial charge in [-0.1, -0.05) is 17.3 Å². The van der Waals surface area contributed by atoms with Crippen molar-refractivity contribution in [2.75, 3.05) is 33.9 Å². The maximum absolute atomic E-state index is 13.0. The van der Waals surface area contributed by atoms with Gasteiger partial charge in [0.15, 0.2) is 0 Å². The Bertz CT molecular complexity index is 986. The summed E-state index contributed by atoms with van der Waals surface area (Å²) < 4.78 is 21.7. The van der Waals surface area contributed by atoms with E-state index in [0.717, 1.165) is 11.3 Å². The largest absolute Gasteiger partial charge is 0.497 e. The van der Waals surface area contributed by atoms with Crippen LogP contribution in [0.25, 0.3) is 11.5 Å². The quantitative estimate of drug-likeness (QED) is 0.656. The van der Waals surface area contributed by atoms with Gasteiger partial charge in [0.25, 0.3) is 11.8 Å². The van der Waals surface area contributed by atoms with Gasteiger partial charge in [0, 0.05) is 12.1 Å². The number of para-hydroxylation sites is 1. The number of methoxy groups -OCH3 is 2. The first-order valence-corrected chi connectivity index (χ1v) is 9.21. The Balaban J connectivity index is 1.50. The van der Waals surface area contributed by atoms with Crippen molar-refractivity contribution in [2.24, 2.45) is 0 Å². The monoisotopic (exact) mass is 395 g/mol. The Morgan fingerprint density at radius 3 is 2.66 bits per heavy atom. The normalized spacial score (nSPS) is 16.5. The van der Waals surface area contributed by atoms with E-state index in [1.54, 1.807) is 31.3 Å². The molecule has 0 saturated carbocycles. The zero-order valence-corrected chi connectivity index (χ0v) is 16.2. The van der Waals surface area contributed by atoms with Gasteiger partial charge in [-0.05, 0) is 36.4 Å². The van der Waals surface area contributed by atoms with E-state index in [9.17, 15) is 4.79 Å². The molecule has 1 unspecified atom stereocenters. The molecule has 0 aliphatic carbocycles. The first-order chi connectivity index (χ1) is 14.2. The zero-order chi connectivity index (χ0) is 20.2. The Morgan fingerprint density at radius 1 is 1.10 bits per heavy atom. The summed E-state index contributed by atoms with van der Waals surface area (Å²) in [5.74, 6) is 1.97. The highest BCUT2D eigenvalue weighted by Gasteiger charge is 2.30. The molecule has 8 heteroatoms. The fraction of sp³-hybridized carbons (Fsp3) is 0.286. The second-order valence-corrected chi connectivity index (χ2v) is 6.50. The number of hydrogen-bond acceptors (Lipinski definition) is 7. The molecule has 3 aromatic rings. The molecule has 150 valence electrons. The van der Waals surface area contributed by atoms with Gasteiger partial charge in [0.2, 0.25) is 5.82 Å². The predicted octanol–water partition coefficient (Wildman–Crippen LogP) is 2.97. The summed E-state index contributed by atoms with van der Waals surface area (Å²) in [5, 5.41) is 4.05. The summed E-state index contributed by atoms with van der Waals surface area (Å²) in [6.07, 6.45) is -0.460. The molecule has 0 bridgehead atoms. The number of morpholine rings is 1. The molecule has 1 saturated heterocycles. The molecule has 0 radical (unpaired) electrons. The molecule has 1 amide bonds. The Labute approximate surface area is 168 Å². The first kappa shape index (κ1) is 18.9. The molecule has 4 rings (SSSR count). The van der Waals surface area contributed by atoms with Gasteiger partial charge in [0.05, 0.1) is 32.9 Å². The summed E-state index contributed by atoms with van der Waals surface area (Å²) in [7, 11) is 3.16. The lowest BCUT2D eigenvalue weighted by atomic mass is 10.1. The molecule has 2 heterocycles. The molecule has 29 heavy (non-hydrogen) atoms. The summed E-state index contributed by atoms with van der Waals surface area (Å²) in [5.41, 5.74) is 1.30. The van der Waals surface area contributed by atoms with Crippen molar-refractivity contribution >= 4 is 5.91 Å². The van der Waals surface area contributed by atoms with Crippen molar-refractivity contribution in [1.82, 2.24) is 15.0 Å². The van der Waals surface area contributed by atoms with Crippen LogP contribution in [0.5, 0.6) is 11.5 Å². The number of amides is 1. The van der Waals surface area contributed by atoms with Gasteiger partial charge >= 0.3 is 0 Å². The van der Waals surface area contributed by atoms with Gasteiger partial charge in [0.1, 0.15) is 17.6 Å². The van der Waals surface area contributed by atoms with E-state index < -0.39 is 6.10 Å². The van der Waals surface area contributed by atoms with Crippen LogP contribution >= 0.6 is 0 Å². The molecule has 2 aromatic carbocycles. The molecule has 8 nitrogen and oxygen atoms in total. The van der Waals surface area contributed by atoms with E-state index in [-0.39, 0.29) is 5.91 Å². The second-order valence-electron chi connectivity index (χ2n) is 6.50. The number of aromatic nitrogens is 2. The number of nitrogens with zero attached hydrogens (tertiary/aromatic N) is 3. The van der Waals surface area contributed by atoms with E-state index in [1.165, 1.54) is 0 Å². The van der Waals surface area contributed by atoms with Gasteiger partial charge in [-0.3, -0.25) is 4.79 Å². The number of ether oxygens (including phenoxy) is 3. The van der Waals surface area contributed by atoms with Gasteiger partial charge in [-0.2, -0.15) is 4.98 Å². The van der Waals surface area contributed by atoms with Crippen molar-refractivity contribution in [3.63, 3.8) is 0 Å². The third-order valence-electron chi connectivity index (χ3n) is 4.76. The van der Waals surface area contributed by atoms with Crippen molar-refractivity contribution in [3.8, 4) is 23.0 Å². The topological polar surface area (TPSA) is 86.9 Å². The number of carbonyl (C=O) groups is 1. The highest BCUT2D eigenvalue weighted by molar-refractivity contribution is 5.97. The average Bonchev–Trinajstić information content (AvgIpc) is 3.29. The number of carbonyl (C=O) groups excluding carboxylic acids is 1. The van der Waals surface area contributed by atoms with Crippen molar-refractivity contribution in [2.45, 2.75) is 6.10 Å². The maximum atomic E-state index is 13.0. The average molecular weight is 395 g/mol. The van der Waals surface area contributed by atoms with Crippen LogP contribution in [0.1, 0.15) is 22.3 Å². The molecule has 0 N–H and O–H groups in total. The fourth-order valence-electron chi connectivity index (χ4n) is 3.20. The van der Waals surface area contributed by atoms with Crippen molar-refractivity contribution in [1.29, 1.82) is 0 Å². The minimum atomic E-state index is -0.460. The molecule has 0 spiro atoms. The van der Waals surface area contributed by atoms with E-state index in [0.29, 0.717) is 42.7 Å². The lowest BCUT2D eigenvalue weighted by Gasteiger charge is -2.31. The standard InChI is InChI=1S/C21H21N3O5/c1-26-15-9-7-14(8-10-15)20-22-19(23-29-20)18-13-24(11-12-28-18)21(25)16-5-3-4-6-17(16)27-2/h3-10,18H,11-13H2,1-2H3. The van der Waals surface area contributed by atoms with Crippen molar-refractivity contribution < 1.29 is 23.5 Å². The minimum absolute atomic E-state index is 0.116. The number of hydrogen-bond donors (Lipinski definition) is 0. The summed E-state index contributed by atoms with van der Waals surface area (Å²) in [6.45, 7) is 1.20. The maximum Gasteiger partial charge on any atom is 0.258 e. The molecule has 1 aliphatic rings. The summed E-state index contributed by atoms with van der Waals surface area (Å²) >= 11 is 0. The second kappa shape index (κ2) is 8.32. The highest BCUT2D eigenvalue weighted by atomic mass is 16.5. The third-order valence-corrected chi connectivity index (χ3v) is 4.76. The van der Waals surface area contributed by atoms with Crippen LogP contribution in [0.4, 0.5) is 0 Å². The third kappa shape index (κ3) is 3.93. The van der Waals surface area contributed by atoms with E-state index >= 15 is 0 Å². The fourth-order valence-corrected chi connectivity index (χ4v) is 3.20. The number of benzene rings is 2. The van der Waals surface area contributed by atoms with Crippen LogP contribution in [0, 0.1) is 0 Å². The molecular weight excluding hydrogens is 374 g/mol. The zero-order valence-electron chi connectivity index (χ0n) is 16.2. The van der Waals surface area contributed by atoms with Crippen LogP contribution in [0.15, 0.2) is 53.1 Å². The summed E-state index contributed by atoms with van der Waals surface area (Å²) in [6, 6.07) is 14.5. The van der Waals surface area contributed by atoms with Crippen LogP contribution in [-0.4, -0.2) is 54.9 Å². The van der Waals surface area contributed by atoms with E-state index in [2.05, 4.69) is 10.1 Å². The smallest absolute Gasteiger partial charge is 0.258 e. The Hall–Kier alpha value is -3.39. The number of rotatable bonds is 5. The van der Waals surface area contributed by atoms with Gasteiger partial charge in [-0.25, -0.2) is 0 Å². The minimum Gasteiger partial charge on any atom is -0.497 e. The van der Waals surface area contributed by atoms with Gasteiger partial charge in [-0.15, -0.1) is 0 Å². The lowest BCUT2D eigenvalue weighted by molar-refractivity contribution is -0.0277. The highest BCUT2D eigenvalue weighted by Crippen LogP contribution is 2.27. The van der Waals surface area contributed by atoms with Crippen molar-refractivity contribution in [3.05, 3.63) is 59.9 Å². The Morgan fingerprint density at radius 2 is 1.90 bits per heavy atom.